The Balaban J connectivity index is 2.05. The maximum absolute atomic E-state index is 5.41. The van der Waals surface area contributed by atoms with E-state index in [1.807, 2.05) is 43.3 Å². The summed E-state index contributed by atoms with van der Waals surface area (Å²) in [5.41, 5.74) is 1.96. The Morgan fingerprint density at radius 2 is 2.00 bits per heavy atom. The Morgan fingerprint density at radius 3 is 2.67 bits per heavy atom. The molecule has 0 amide bonds. The molecule has 0 bridgehead atoms. The smallest absolute Gasteiger partial charge is 0.191 e. The fourth-order valence-electron chi connectivity index (χ4n) is 2.17. The maximum atomic E-state index is 5.41. The molecular formula is C18H24N4O2. The van der Waals surface area contributed by atoms with Crippen LogP contribution in [-0.4, -0.2) is 31.7 Å². The molecule has 0 atom stereocenters. The summed E-state index contributed by atoms with van der Waals surface area (Å²) in [4.78, 5) is 8.91. The van der Waals surface area contributed by atoms with Gasteiger partial charge in [-0.25, -0.2) is 4.99 Å². The Kier molecular flexibility index (Phi) is 6.89. The molecule has 2 aromatic rings. The van der Waals surface area contributed by atoms with Crippen molar-refractivity contribution in [3.05, 3.63) is 53.9 Å². The number of nitrogens with one attached hydrogen (secondary N) is 2. The predicted octanol–water partition coefficient (Wildman–Crippen LogP) is 2.35. The number of guanidine groups is 1. The first-order valence-corrected chi connectivity index (χ1v) is 7.89. The highest BCUT2D eigenvalue weighted by Crippen LogP contribution is 2.25. The van der Waals surface area contributed by atoms with E-state index in [9.17, 15) is 0 Å². The minimum absolute atomic E-state index is 0.505. The number of hydrogen-bond donors (Lipinski definition) is 2. The lowest BCUT2D eigenvalue weighted by atomic mass is 10.2. The highest BCUT2D eigenvalue weighted by Gasteiger charge is 2.05. The van der Waals surface area contributed by atoms with Gasteiger partial charge in [-0.2, -0.15) is 0 Å². The average Bonchev–Trinajstić information content (AvgIpc) is 2.64. The number of hydrogen-bond acceptors (Lipinski definition) is 4. The molecule has 2 N–H and O–H groups in total. The minimum atomic E-state index is 0.505. The molecule has 1 aromatic heterocycles. The topological polar surface area (TPSA) is 67.8 Å². The quantitative estimate of drug-likeness (QED) is 0.603. The van der Waals surface area contributed by atoms with E-state index in [1.165, 1.54) is 0 Å². The number of methoxy groups -OCH3 is 2. The van der Waals surface area contributed by atoms with Gasteiger partial charge in [-0.1, -0.05) is 6.07 Å². The van der Waals surface area contributed by atoms with Gasteiger partial charge in [0, 0.05) is 24.4 Å². The summed E-state index contributed by atoms with van der Waals surface area (Å²) in [5, 5.41) is 6.51. The Bertz CT molecular complexity index is 659. The Labute approximate surface area is 142 Å². The SMILES string of the molecule is CCNC(=NCc1ccc(OC)cc1OC)NCc1ccccn1. The van der Waals surface area contributed by atoms with Crippen molar-refractivity contribution in [2.45, 2.75) is 20.0 Å². The van der Waals surface area contributed by atoms with Crippen molar-refractivity contribution in [1.82, 2.24) is 15.6 Å². The van der Waals surface area contributed by atoms with Crippen molar-refractivity contribution < 1.29 is 9.47 Å². The van der Waals surface area contributed by atoms with Crippen LogP contribution in [0.5, 0.6) is 11.5 Å². The summed E-state index contributed by atoms with van der Waals surface area (Å²) >= 11 is 0. The molecule has 0 saturated carbocycles. The molecule has 2 rings (SSSR count). The van der Waals surface area contributed by atoms with Crippen molar-refractivity contribution in [2.24, 2.45) is 4.99 Å². The normalized spacial score (nSPS) is 11.0. The molecule has 0 aliphatic heterocycles. The van der Waals surface area contributed by atoms with E-state index < -0.39 is 0 Å². The number of aliphatic imine (C=N–C) groups is 1. The van der Waals surface area contributed by atoms with Crippen LogP contribution in [0.1, 0.15) is 18.2 Å². The van der Waals surface area contributed by atoms with Crippen LogP contribution in [0.2, 0.25) is 0 Å². The van der Waals surface area contributed by atoms with Gasteiger partial charge in [-0.05, 0) is 31.2 Å². The predicted molar refractivity (Wildman–Crippen MR) is 95.4 cm³/mol. The van der Waals surface area contributed by atoms with Crippen LogP contribution in [0, 0.1) is 0 Å². The minimum Gasteiger partial charge on any atom is -0.497 e. The zero-order valence-electron chi connectivity index (χ0n) is 14.4. The van der Waals surface area contributed by atoms with Crippen LogP contribution in [0.15, 0.2) is 47.6 Å². The van der Waals surface area contributed by atoms with E-state index in [0.717, 1.165) is 35.3 Å². The lowest BCUT2D eigenvalue weighted by molar-refractivity contribution is 0.391. The number of pyridine rings is 1. The first kappa shape index (κ1) is 17.6. The second kappa shape index (κ2) is 9.39. The fraction of sp³-hybridized carbons (Fsp3) is 0.333. The third-order valence-electron chi connectivity index (χ3n) is 3.41. The monoisotopic (exact) mass is 328 g/mol. The van der Waals surface area contributed by atoms with Crippen LogP contribution in [0.4, 0.5) is 0 Å². The third-order valence-corrected chi connectivity index (χ3v) is 3.41. The van der Waals surface area contributed by atoms with Crippen LogP contribution in [0.25, 0.3) is 0 Å². The van der Waals surface area contributed by atoms with Gasteiger partial charge < -0.3 is 20.1 Å². The molecule has 0 aliphatic carbocycles. The first-order valence-electron chi connectivity index (χ1n) is 7.89. The number of benzene rings is 1. The van der Waals surface area contributed by atoms with E-state index in [1.54, 1.807) is 20.4 Å². The van der Waals surface area contributed by atoms with E-state index in [-0.39, 0.29) is 0 Å². The summed E-state index contributed by atoms with van der Waals surface area (Å²) in [7, 11) is 3.28. The summed E-state index contributed by atoms with van der Waals surface area (Å²) < 4.78 is 10.6. The van der Waals surface area contributed by atoms with Gasteiger partial charge in [0.15, 0.2) is 5.96 Å². The van der Waals surface area contributed by atoms with Crippen molar-refractivity contribution in [1.29, 1.82) is 0 Å². The van der Waals surface area contributed by atoms with Gasteiger partial charge in [0.1, 0.15) is 11.5 Å². The van der Waals surface area contributed by atoms with Crippen molar-refractivity contribution >= 4 is 5.96 Å². The number of rotatable bonds is 7. The number of ether oxygens (including phenoxy) is 2. The van der Waals surface area contributed by atoms with Gasteiger partial charge in [0.05, 0.1) is 33.0 Å². The van der Waals surface area contributed by atoms with Gasteiger partial charge >= 0.3 is 0 Å². The zero-order valence-corrected chi connectivity index (χ0v) is 14.4. The van der Waals surface area contributed by atoms with Gasteiger partial charge in [0.25, 0.3) is 0 Å². The van der Waals surface area contributed by atoms with E-state index >= 15 is 0 Å². The number of aromatic nitrogens is 1. The van der Waals surface area contributed by atoms with Gasteiger partial charge in [-0.3, -0.25) is 4.98 Å². The van der Waals surface area contributed by atoms with E-state index in [0.29, 0.717) is 13.1 Å². The Hall–Kier alpha value is -2.76. The standard InChI is InChI=1S/C18H24N4O2/c1-4-19-18(22-13-15-7-5-6-10-20-15)21-12-14-8-9-16(23-2)11-17(14)24-3/h5-11H,4,12-13H2,1-3H3,(H2,19,21,22). The molecule has 128 valence electrons. The van der Waals surface area contributed by atoms with Crippen molar-refractivity contribution in [3.8, 4) is 11.5 Å². The lowest BCUT2D eigenvalue weighted by Crippen LogP contribution is -2.37. The molecule has 0 fully saturated rings. The van der Waals surface area contributed by atoms with Gasteiger partial charge in [0.2, 0.25) is 0 Å². The zero-order chi connectivity index (χ0) is 17.2. The van der Waals surface area contributed by atoms with Crippen LogP contribution in [-0.2, 0) is 13.1 Å². The molecule has 24 heavy (non-hydrogen) atoms. The molecule has 0 radical (unpaired) electrons. The molecule has 6 heteroatoms. The van der Waals surface area contributed by atoms with Crippen molar-refractivity contribution in [3.63, 3.8) is 0 Å². The van der Waals surface area contributed by atoms with E-state index in [2.05, 4.69) is 20.6 Å². The second-order valence-electron chi connectivity index (χ2n) is 5.05. The van der Waals surface area contributed by atoms with Crippen molar-refractivity contribution in [2.75, 3.05) is 20.8 Å². The highest BCUT2D eigenvalue weighted by molar-refractivity contribution is 5.79. The van der Waals surface area contributed by atoms with Crippen LogP contribution >= 0.6 is 0 Å². The molecular weight excluding hydrogens is 304 g/mol. The molecule has 0 saturated heterocycles. The largest absolute Gasteiger partial charge is 0.497 e. The highest BCUT2D eigenvalue weighted by atomic mass is 16.5. The molecule has 0 aliphatic rings. The molecule has 1 heterocycles. The van der Waals surface area contributed by atoms with Crippen LogP contribution in [0.3, 0.4) is 0 Å². The molecule has 0 unspecified atom stereocenters. The summed E-state index contributed by atoms with van der Waals surface area (Å²) in [6, 6.07) is 11.6. The second-order valence-corrected chi connectivity index (χ2v) is 5.05. The third kappa shape index (κ3) is 5.15. The molecule has 6 nitrogen and oxygen atoms in total. The maximum Gasteiger partial charge on any atom is 0.191 e. The summed E-state index contributed by atoms with van der Waals surface area (Å²) in [6.07, 6.45) is 1.78. The first-order chi connectivity index (χ1) is 11.8. The van der Waals surface area contributed by atoms with E-state index in [4.69, 9.17) is 9.47 Å². The lowest BCUT2D eigenvalue weighted by Gasteiger charge is -2.12. The van der Waals surface area contributed by atoms with Gasteiger partial charge in [-0.15, -0.1) is 0 Å². The molecule has 0 spiro atoms. The van der Waals surface area contributed by atoms with Crippen LogP contribution < -0.4 is 20.1 Å². The summed E-state index contributed by atoms with van der Waals surface area (Å²) in [6.45, 7) is 3.94. The fourth-order valence-corrected chi connectivity index (χ4v) is 2.17. The molecule has 1 aromatic carbocycles. The summed E-state index contributed by atoms with van der Waals surface area (Å²) in [5.74, 6) is 2.26. The Morgan fingerprint density at radius 1 is 1.12 bits per heavy atom. The number of nitrogens with zero attached hydrogens (tertiary/aromatic N) is 2. The average molecular weight is 328 g/mol.